The normalized spacial score (nSPS) is 23.7. The van der Waals surface area contributed by atoms with Crippen molar-refractivity contribution in [2.45, 2.75) is 82.1 Å². The summed E-state index contributed by atoms with van der Waals surface area (Å²) in [6, 6.07) is 5.35. The van der Waals surface area contributed by atoms with E-state index < -0.39 is 47.2 Å². The number of nitrogens with zero attached hydrogens (tertiary/aromatic N) is 2. The van der Waals surface area contributed by atoms with Crippen molar-refractivity contribution in [2.75, 3.05) is 26.2 Å². The van der Waals surface area contributed by atoms with E-state index in [1.54, 1.807) is 4.90 Å². The van der Waals surface area contributed by atoms with Crippen molar-refractivity contribution in [1.29, 1.82) is 0 Å². The van der Waals surface area contributed by atoms with Crippen molar-refractivity contribution >= 4 is 17.8 Å². The molecular formula is C31H41F3N4O5. The second-order valence-corrected chi connectivity index (χ2v) is 11.5. The van der Waals surface area contributed by atoms with Gasteiger partial charge >= 0.3 is 12.1 Å². The number of rotatable bonds is 10. The lowest BCUT2D eigenvalue weighted by atomic mass is 9.80. The molecule has 2 amide bonds. The molecule has 3 aliphatic heterocycles. The molecule has 236 valence electrons. The van der Waals surface area contributed by atoms with Crippen molar-refractivity contribution in [3.63, 3.8) is 0 Å². The number of halogens is 3. The second kappa shape index (κ2) is 13.8. The molecule has 0 saturated carbocycles. The summed E-state index contributed by atoms with van der Waals surface area (Å²) < 4.78 is 47.0. The van der Waals surface area contributed by atoms with Crippen LogP contribution in [-0.2, 0) is 19.9 Å². The van der Waals surface area contributed by atoms with Crippen LogP contribution in [-0.4, -0.2) is 77.2 Å². The third-order valence-corrected chi connectivity index (χ3v) is 8.67. The van der Waals surface area contributed by atoms with Gasteiger partial charge in [0.05, 0.1) is 18.1 Å². The number of nitrogens with two attached hydrogens (primary N) is 1. The van der Waals surface area contributed by atoms with Crippen LogP contribution in [0, 0.1) is 5.92 Å². The summed E-state index contributed by atoms with van der Waals surface area (Å²) in [5.41, 5.74) is 5.98. The first kappa shape index (κ1) is 32.4. The maximum atomic E-state index is 13.9. The molecule has 2 saturated heterocycles. The largest absolute Gasteiger partial charge is 0.493 e. The number of carboxylic acid groups (broad SMARTS) is 1. The number of likely N-dealkylation sites (tertiary alicyclic amines) is 2. The number of nitrogens with one attached hydrogen (secondary N) is 1. The third-order valence-electron chi connectivity index (χ3n) is 8.67. The Morgan fingerprint density at radius 1 is 1.14 bits per heavy atom. The Kier molecular flexibility index (Phi) is 10.4. The highest BCUT2D eigenvalue weighted by molar-refractivity contribution is 5.88. The number of amides is 2. The van der Waals surface area contributed by atoms with E-state index in [1.165, 1.54) is 17.2 Å². The van der Waals surface area contributed by atoms with Crippen LogP contribution >= 0.6 is 0 Å². The molecule has 4 N–H and O–H groups in total. The standard InChI is InChI=1S/C31H41F3N4O5/c1-2-8-24-21(9-6-17-38(24)29(42)27-23(31(32,33)34)11-5-16-36-27)28(41)37-18-14-30(35,15-19-37)22-10-3-4-12-25(22)43-20-7-13-26(39)40/h3-5,10-12,16,21,24,27,36H,2,6-9,13-15,17-20,35H2,1H3,(H,39,40)/t21-,24-,27?/m1/s1. The highest BCUT2D eigenvalue weighted by Crippen LogP contribution is 2.38. The number of alkyl halides is 3. The van der Waals surface area contributed by atoms with E-state index in [0.29, 0.717) is 70.3 Å². The summed E-state index contributed by atoms with van der Waals surface area (Å²) in [5.74, 6) is -1.56. The van der Waals surface area contributed by atoms with Gasteiger partial charge in [0.25, 0.3) is 0 Å². The van der Waals surface area contributed by atoms with Gasteiger partial charge in [-0.25, -0.2) is 0 Å². The minimum atomic E-state index is -4.66. The Morgan fingerprint density at radius 2 is 1.86 bits per heavy atom. The van der Waals surface area contributed by atoms with Crippen LogP contribution in [0.15, 0.2) is 48.2 Å². The van der Waals surface area contributed by atoms with Gasteiger partial charge in [-0.1, -0.05) is 37.6 Å². The summed E-state index contributed by atoms with van der Waals surface area (Å²) in [6.45, 7) is 3.26. The zero-order valence-electron chi connectivity index (χ0n) is 24.4. The number of allylic oxidation sites excluding steroid dienone is 2. The molecule has 0 aliphatic carbocycles. The summed E-state index contributed by atoms with van der Waals surface area (Å²) in [4.78, 5) is 41.5. The van der Waals surface area contributed by atoms with E-state index in [-0.39, 0.29) is 18.9 Å². The molecule has 2 fully saturated rings. The molecule has 3 atom stereocenters. The second-order valence-electron chi connectivity index (χ2n) is 11.5. The maximum Gasteiger partial charge on any atom is 0.415 e. The zero-order valence-corrected chi connectivity index (χ0v) is 24.4. The quantitative estimate of drug-likeness (QED) is 0.343. The SMILES string of the molecule is CCC[C@@H]1[C@H](C(=O)N2CCC(N)(c3ccccc3OCCCC(=O)O)CC2)CCCN1C(=O)C1NC=CC=C1C(F)(F)F. The summed E-state index contributed by atoms with van der Waals surface area (Å²) >= 11 is 0. The van der Waals surface area contributed by atoms with Crippen molar-refractivity contribution < 1.29 is 37.4 Å². The number of piperidine rings is 2. The Morgan fingerprint density at radius 3 is 2.53 bits per heavy atom. The van der Waals surface area contributed by atoms with Gasteiger partial charge in [-0.15, -0.1) is 0 Å². The number of benzene rings is 1. The molecule has 0 aromatic heterocycles. The Balaban J connectivity index is 1.44. The highest BCUT2D eigenvalue weighted by atomic mass is 19.4. The summed E-state index contributed by atoms with van der Waals surface area (Å²) in [6.07, 6.45) is 2.42. The smallest absolute Gasteiger partial charge is 0.415 e. The van der Waals surface area contributed by atoms with Crippen LogP contribution in [0.25, 0.3) is 0 Å². The average Bonchev–Trinajstić information content (AvgIpc) is 2.99. The lowest BCUT2D eigenvalue weighted by Gasteiger charge is -2.46. The molecular weight excluding hydrogens is 565 g/mol. The number of aliphatic carboxylic acids is 1. The summed E-state index contributed by atoms with van der Waals surface area (Å²) in [7, 11) is 0. The van der Waals surface area contributed by atoms with Crippen LogP contribution in [0.2, 0.25) is 0 Å². The van der Waals surface area contributed by atoms with Crippen molar-refractivity contribution in [3.8, 4) is 5.75 Å². The van der Waals surface area contributed by atoms with Crippen LogP contribution in [0.1, 0.15) is 63.9 Å². The topological polar surface area (TPSA) is 125 Å². The molecule has 1 unspecified atom stereocenters. The van der Waals surface area contributed by atoms with E-state index >= 15 is 0 Å². The molecule has 0 radical (unpaired) electrons. The molecule has 1 aromatic carbocycles. The Bertz CT molecular complexity index is 1230. The van der Waals surface area contributed by atoms with Crippen molar-refractivity contribution in [3.05, 3.63) is 53.8 Å². The number of carbonyl (C=O) groups is 3. The fourth-order valence-corrected chi connectivity index (χ4v) is 6.43. The number of dihydropyridines is 1. The number of carbonyl (C=O) groups excluding carboxylic acids is 2. The molecule has 12 heteroatoms. The fourth-order valence-electron chi connectivity index (χ4n) is 6.43. The van der Waals surface area contributed by atoms with Crippen molar-refractivity contribution in [2.24, 2.45) is 11.7 Å². The predicted octanol–water partition coefficient (Wildman–Crippen LogP) is 4.09. The Hall–Kier alpha value is -3.54. The van der Waals surface area contributed by atoms with Crippen LogP contribution in [0.5, 0.6) is 5.75 Å². The van der Waals surface area contributed by atoms with Gasteiger partial charge in [-0.05, 0) is 56.9 Å². The van der Waals surface area contributed by atoms with E-state index in [9.17, 15) is 27.6 Å². The number of ether oxygens (including phenoxy) is 1. The van der Waals surface area contributed by atoms with E-state index in [0.717, 1.165) is 11.6 Å². The van der Waals surface area contributed by atoms with Gasteiger partial charge in [-0.2, -0.15) is 13.2 Å². The first-order valence-corrected chi connectivity index (χ1v) is 15.0. The number of hydrogen-bond donors (Lipinski definition) is 3. The lowest BCUT2D eigenvalue weighted by Crippen LogP contribution is -2.59. The van der Waals surface area contributed by atoms with E-state index in [2.05, 4.69) is 5.32 Å². The van der Waals surface area contributed by atoms with Gasteiger partial charge in [0, 0.05) is 43.2 Å². The van der Waals surface area contributed by atoms with Gasteiger partial charge in [0.15, 0.2) is 0 Å². The molecule has 43 heavy (non-hydrogen) atoms. The zero-order chi connectivity index (χ0) is 31.2. The highest BCUT2D eigenvalue weighted by Gasteiger charge is 2.47. The van der Waals surface area contributed by atoms with E-state index in [4.69, 9.17) is 15.6 Å². The van der Waals surface area contributed by atoms with Crippen LogP contribution in [0.3, 0.4) is 0 Å². The molecule has 0 spiro atoms. The monoisotopic (exact) mass is 606 g/mol. The predicted molar refractivity (Wildman–Crippen MR) is 154 cm³/mol. The number of carboxylic acids is 1. The molecule has 1 aromatic rings. The molecule has 0 bridgehead atoms. The fraction of sp³-hybridized carbons (Fsp3) is 0.581. The third kappa shape index (κ3) is 7.52. The average molecular weight is 607 g/mol. The molecule has 4 rings (SSSR count). The first-order valence-electron chi connectivity index (χ1n) is 15.0. The first-order chi connectivity index (χ1) is 20.5. The van der Waals surface area contributed by atoms with E-state index in [1.807, 2.05) is 31.2 Å². The number of hydrogen-bond acceptors (Lipinski definition) is 6. The van der Waals surface area contributed by atoms with Gasteiger partial charge in [0.2, 0.25) is 11.8 Å². The van der Waals surface area contributed by atoms with Gasteiger partial charge < -0.3 is 30.7 Å². The maximum absolute atomic E-state index is 13.9. The number of para-hydroxylation sites is 1. The lowest BCUT2D eigenvalue weighted by molar-refractivity contribution is -0.149. The van der Waals surface area contributed by atoms with Crippen molar-refractivity contribution in [1.82, 2.24) is 15.1 Å². The van der Waals surface area contributed by atoms with Crippen LogP contribution < -0.4 is 15.8 Å². The Labute approximate surface area is 249 Å². The van der Waals surface area contributed by atoms with Gasteiger partial charge in [-0.3, -0.25) is 14.4 Å². The summed E-state index contributed by atoms with van der Waals surface area (Å²) in [5, 5.41) is 11.5. The minimum Gasteiger partial charge on any atom is -0.493 e. The van der Waals surface area contributed by atoms with Crippen LogP contribution in [0.4, 0.5) is 13.2 Å². The molecule has 9 nitrogen and oxygen atoms in total. The minimum absolute atomic E-state index is 0.00460. The molecule has 3 heterocycles. The van der Waals surface area contributed by atoms with Gasteiger partial charge in [0.1, 0.15) is 11.8 Å². The molecule has 3 aliphatic rings.